The number of rotatable bonds is 3. The maximum absolute atomic E-state index is 12.1. The van der Waals surface area contributed by atoms with E-state index in [0.29, 0.717) is 11.0 Å². The van der Waals surface area contributed by atoms with E-state index >= 15 is 0 Å². The lowest BCUT2D eigenvalue weighted by Crippen LogP contribution is -2.46. The smallest absolute Gasteiger partial charge is 0.208 e. The third-order valence-electron chi connectivity index (χ3n) is 5.96. The topological polar surface area (TPSA) is 62.5 Å². The van der Waals surface area contributed by atoms with Crippen molar-refractivity contribution >= 4 is 27.4 Å². The fourth-order valence-corrected chi connectivity index (χ4v) is 5.28. The second-order valence-corrected chi connectivity index (χ2v) is 8.66. The van der Waals surface area contributed by atoms with Gasteiger partial charge in [0, 0.05) is 30.8 Å². The fraction of sp³-hybridized carbons (Fsp3) is 0.476. The molecule has 6 nitrogen and oxygen atoms in total. The molecule has 7 heteroatoms. The Morgan fingerprint density at radius 2 is 1.82 bits per heavy atom. The van der Waals surface area contributed by atoms with Crippen LogP contribution in [0.2, 0.25) is 0 Å². The van der Waals surface area contributed by atoms with Gasteiger partial charge in [0.05, 0.1) is 11.6 Å². The van der Waals surface area contributed by atoms with E-state index in [4.69, 9.17) is 4.42 Å². The molecule has 0 aliphatic carbocycles. The van der Waals surface area contributed by atoms with Crippen LogP contribution in [0.1, 0.15) is 32.1 Å². The average Bonchev–Trinajstić information content (AvgIpc) is 3.25. The molecule has 0 spiro atoms. The van der Waals surface area contributed by atoms with Crippen LogP contribution in [0.3, 0.4) is 0 Å². The van der Waals surface area contributed by atoms with Crippen molar-refractivity contribution in [2.75, 3.05) is 31.1 Å². The first-order valence-corrected chi connectivity index (χ1v) is 10.9. The maximum Gasteiger partial charge on any atom is 0.208 e. The summed E-state index contributed by atoms with van der Waals surface area (Å²) in [6.45, 7) is 4.61. The molecule has 3 aromatic rings. The molecule has 0 N–H and O–H groups in total. The lowest BCUT2D eigenvalue weighted by atomic mass is 10.0. The van der Waals surface area contributed by atoms with Crippen LogP contribution in [-0.2, 0) is 0 Å². The molecule has 2 aliphatic heterocycles. The zero-order valence-electron chi connectivity index (χ0n) is 15.8. The van der Waals surface area contributed by atoms with Gasteiger partial charge in [-0.1, -0.05) is 17.8 Å². The molecule has 0 amide bonds. The Morgan fingerprint density at radius 3 is 2.64 bits per heavy atom. The van der Waals surface area contributed by atoms with Gasteiger partial charge in [0.2, 0.25) is 5.13 Å². The number of piperidine rings is 2. The van der Waals surface area contributed by atoms with Gasteiger partial charge < -0.3 is 14.2 Å². The Labute approximate surface area is 167 Å². The SMILES string of the molecule is O=c1ccoc2ccc(-c3nnc(N4CCC(N5CCCCC5)CC4)s3)cc12. The van der Waals surface area contributed by atoms with Gasteiger partial charge in [-0.2, -0.15) is 0 Å². The second kappa shape index (κ2) is 7.64. The van der Waals surface area contributed by atoms with Gasteiger partial charge in [0.15, 0.2) is 5.43 Å². The minimum atomic E-state index is -0.0346. The highest BCUT2D eigenvalue weighted by atomic mass is 32.1. The summed E-state index contributed by atoms with van der Waals surface area (Å²) in [5.74, 6) is 0. The van der Waals surface area contributed by atoms with Crippen LogP contribution in [0.15, 0.2) is 39.7 Å². The van der Waals surface area contributed by atoms with E-state index in [2.05, 4.69) is 20.0 Å². The summed E-state index contributed by atoms with van der Waals surface area (Å²) >= 11 is 1.60. The quantitative estimate of drug-likeness (QED) is 0.672. The number of nitrogens with zero attached hydrogens (tertiary/aromatic N) is 4. The summed E-state index contributed by atoms with van der Waals surface area (Å²) in [5.41, 5.74) is 1.48. The fourth-order valence-electron chi connectivity index (χ4n) is 4.38. The van der Waals surface area contributed by atoms with Gasteiger partial charge in [-0.05, 0) is 57.0 Å². The molecule has 5 rings (SSSR count). The third-order valence-corrected chi connectivity index (χ3v) is 7.00. The monoisotopic (exact) mass is 396 g/mol. The van der Waals surface area contributed by atoms with Crippen LogP contribution in [-0.4, -0.2) is 47.3 Å². The number of hydrogen-bond acceptors (Lipinski definition) is 7. The number of benzene rings is 1. The van der Waals surface area contributed by atoms with Crippen LogP contribution in [0.5, 0.6) is 0 Å². The molecule has 0 saturated carbocycles. The molecule has 2 aromatic heterocycles. The summed E-state index contributed by atoms with van der Waals surface area (Å²) in [6, 6.07) is 7.80. The van der Waals surface area contributed by atoms with E-state index in [1.807, 2.05) is 18.2 Å². The molecule has 0 atom stereocenters. The Balaban J connectivity index is 1.30. The van der Waals surface area contributed by atoms with Crippen LogP contribution in [0.4, 0.5) is 5.13 Å². The van der Waals surface area contributed by atoms with Crippen molar-refractivity contribution in [3.8, 4) is 10.6 Å². The second-order valence-electron chi connectivity index (χ2n) is 7.70. The molecule has 0 unspecified atom stereocenters. The lowest BCUT2D eigenvalue weighted by molar-refractivity contribution is 0.141. The molecule has 4 heterocycles. The predicted molar refractivity (Wildman–Crippen MR) is 112 cm³/mol. The summed E-state index contributed by atoms with van der Waals surface area (Å²) in [5, 5.41) is 11.2. The largest absolute Gasteiger partial charge is 0.464 e. The van der Waals surface area contributed by atoms with Crippen molar-refractivity contribution in [2.45, 2.75) is 38.1 Å². The van der Waals surface area contributed by atoms with E-state index in [9.17, 15) is 4.79 Å². The van der Waals surface area contributed by atoms with Gasteiger partial charge >= 0.3 is 0 Å². The summed E-state index contributed by atoms with van der Waals surface area (Å²) in [6.07, 6.45) is 7.92. The first-order valence-electron chi connectivity index (χ1n) is 10.1. The Hall–Kier alpha value is -2.25. The summed E-state index contributed by atoms with van der Waals surface area (Å²) in [4.78, 5) is 17.1. The van der Waals surface area contributed by atoms with Gasteiger partial charge in [0.1, 0.15) is 10.6 Å². The van der Waals surface area contributed by atoms with Crippen LogP contribution < -0.4 is 10.3 Å². The van der Waals surface area contributed by atoms with Crippen LogP contribution in [0.25, 0.3) is 21.5 Å². The molecular formula is C21H24N4O2S. The molecule has 2 fully saturated rings. The zero-order valence-corrected chi connectivity index (χ0v) is 16.7. The van der Waals surface area contributed by atoms with Crippen molar-refractivity contribution in [1.29, 1.82) is 0 Å². The molecule has 2 saturated heterocycles. The first-order chi connectivity index (χ1) is 13.8. The van der Waals surface area contributed by atoms with E-state index in [1.165, 1.54) is 57.5 Å². The highest BCUT2D eigenvalue weighted by Crippen LogP contribution is 2.32. The standard InChI is InChI=1S/C21H24N4O2S/c26-18-8-13-27-19-5-4-15(14-17(18)19)20-22-23-21(28-20)25-11-6-16(7-12-25)24-9-2-1-3-10-24/h4-5,8,13-14,16H,1-3,6-7,9-12H2. The lowest BCUT2D eigenvalue weighted by Gasteiger charge is -2.40. The van der Waals surface area contributed by atoms with Gasteiger partial charge in [0.25, 0.3) is 0 Å². The number of aromatic nitrogens is 2. The van der Waals surface area contributed by atoms with Crippen molar-refractivity contribution in [3.63, 3.8) is 0 Å². The minimum Gasteiger partial charge on any atom is -0.464 e. The van der Waals surface area contributed by atoms with E-state index in [1.54, 1.807) is 11.3 Å². The van der Waals surface area contributed by atoms with Gasteiger partial charge in [-0.25, -0.2) is 0 Å². The van der Waals surface area contributed by atoms with Crippen molar-refractivity contribution in [1.82, 2.24) is 15.1 Å². The normalized spacial score (nSPS) is 19.4. The number of anilines is 1. The molecule has 1 aromatic carbocycles. The first kappa shape index (κ1) is 17.8. The Morgan fingerprint density at radius 1 is 1.00 bits per heavy atom. The minimum absolute atomic E-state index is 0.0346. The molecule has 2 aliphatic rings. The van der Waals surface area contributed by atoms with Crippen molar-refractivity contribution in [2.24, 2.45) is 0 Å². The Bertz CT molecular complexity index is 1020. The van der Waals surface area contributed by atoms with E-state index < -0.39 is 0 Å². The van der Waals surface area contributed by atoms with Crippen molar-refractivity contribution < 1.29 is 4.42 Å². The van der Waals surface area contributed by atoms with Crippen LogP contribution >= 0.6 is 11.3 Å². The number of likely N-dealkylation sites (tertiary alicyclic amines) is 1. The average molecular weight is 397 g/mol. The molecule has 0 bridgehead atoms. The summed E-state index contributed by atoms with van der Waals surface area (Å²) in [7, 11) is 0. The van der Waals surface area contributed by atoms with E-state index in [0.717, 1.165) is 34.8 Å². The summed E-state index contributed by atoms with van der Waals surface area (Å²) < 4.78 is 5.40. The zero-order chi connectivity index (χ0) is 18.9. The molecular weight excluding hydrogens is 372 g/mol. The molecule has 146 valence electrons. The third kappa shape index (κ3) is 3.44. The van der Waals surface area contributed by atoms with Crippen LogP contribution in [0, 0.1) is 0 Å². The van der Waals surface area contributed by atoms with E-state index in [-0.39, 0.29) is 5.43 Å². The highest BCUT2D eigenvalue weighted by Gasteiger charge is 2.27. The van der Waals surface area contributed by atoms with Crippen molar-refractivity contribution in [3.05, 3.63) is 40.8 Å². The highest BCUT2D eigenvalue weighted by molar-refractivity contribution is 7.18. The predicted octanol–water partition coefficient (Wildman–Crippen LogP) is 3.77. The number of hydrogen-bond donors (Lipinski definition) is 0. The van der Waals surface area contributed by atoms with Gasteiger partial charge in [-0.15, -0.1) is 10.2 Å². The molecule has 0 radical (unpaired) electrons. The number of fused-ring (bicyclic) bond motifs is 1. The Kier molecular flexibility index (Phi) is 4.86. The van der Waals surface area contributed by atoms with Gasteiger partial charge in [-0.3, -0.25) is 4.79 Å². The molecule has 28 heavy (non-hydrogen) atoms. The maximum atomic E-state index is 12.1.